The van der Waals surface area contributed by atoms with Gasteiger partial charge in [0.2, 0.25) is 0 Å². The van der Waals surface area contributed by atoms with Crippen LogP contribution in [-0.2, 0) is -0.565 Å². The third-order valence-electron chi connectivity index (χ3n) is 2.23. The number of hydrogen-bond donors (Lipinski definition) is 1. The monoisotopic (exact) mass is 557 g/mol. The van der Waals surface area contributed by atoms with E-state index < -0.39 is 0 Å². The van der Waals surface area contributed by atoms with E-state index in [2.05, 4.69) is 72.8 Å². The van der Waals surface area contributed by atoms with E-state index in [4.69, 9.17) is 4.74 Å². The van der Waals surface area contributed by atoms with Crippen molar-refractivity contribution in [2.24, 2.45) is 0 Å². The van der Waals surface area contributed by atoms with Crippen molar-refractivity contribution in [3.63, 3.8) is 0 Å². The molecular weight excluding hydrogens is 550 g/mol. The molecule has 2 nitrogen and oxygen atoms in total. The first-order valence-corrected chi connectivity index (χ1v) is 7.59. The molecular formula is C10H7FI3NO. The molecule has 0 saturated carbocycles. The largest absolute Gasteiger partial charge is 0.494 e. The van der Waals surface area contributed by atoms with E-state index >= 15 is 0 Å². The average Bonchev–Trinajstić information content (AvgIpc) is 2.62. The van der Waals surface area contributed by atoms with E-state index in [0.717, 1.165) is 11.2 Å². The van der Waals surface area contributed by atoms with Gasteiger partial charge in [-0.3, -0.25) is 0 Å². The lowest BCUT2D eigenvalue weighted by atomic mass is 10.2. The summed E-state index contributed by atoms with van der Waals surface area (Å²) in [6.45, 7) is 0. The Morgan fingerprint density at radius 1 is 1.31 bits per heavy atom. The number of ether oxygens (including phenoxy) is 1. The van der Waals surface area contributed by atoms with Crippen molar-refractivity contribution >= 4 is 78.7 Å². The number of fused-ring (bicyclic) bond motifs is 1. The van der Waals surface area contributed by atoms with Crippen molar-refractivity contribution in [2.45, 2.75) is -0.565 Å². The highest BCUT2D eigenvalue weighted by Crippen LogP contribution is 2.46. The van der Waals surface area contributed by atoms with Crippen LogP contribution in [0.1, 0.15) is 5.69 Å². The number of rotatable bonds is 2. The number of hydrogen-bond acceptors (Lipinski definition) is 1. The Morgan fingerprint density at radius 3 is 2.56 bits per heavy atom. The zero-order chi connectivity index (χ0) is 11.9. The zero-order valence-electron chi connectivity index (χ0n) is 8.15. The number of nitrogens with one attached hydrogen (secondary N) is 1. The maximum Gasteiger partial charge on any atom is 0.174 e. The number of aromatic nitrogens is 1. The number of alkyl halides is 3. The van der Waals surface area contributed by atoms with Gasteiger partial charge in [-0.25, -0.2) is 4.39 Å². The molecule has 2 aromatic rings. The highest BCUT2D eigenvalue weighted by Gasteiger charge is 2.24. The Hall–Kier alpha value is 0.680. The van der Waals surface area contributed by atoms with Gasteiger partial charge >= 0.3 is 0 Å². The van der Waals surface area contributed by atoms with E-state index in [1.165, 1.54) is 7.11 Å². The summed E-state index contributed by atoms with van der Waals surface area (Å²) in [5.74, 6) is -0.0324. The minimum absolute atomic E-state index is 0.105. The Labute approximate surface area is 133 Å². The van der Waals surface area contributed by atoms with Gasteiger partial charge in [0, 0.05) is 10.9 Å². The molecule has 0 fully saturated rings. The predicted molar refractivity (Wildman–Crippen MR) is 88.5 cm³/mol. The molecule has 0 aliphatic heterocycles. The number of benzene rings is 1. The first kappa shape index (κ1) is 13.1. The summed E-state index contributed by atoms with van der Waals surface area (Å²) >= 11 is 6.89. The number of aromatic amines is 1. The van der Waals surface area contributed by atoms with Gasteiger partial charge in [0.15, 0.2) is 11.0 Å². The molecule has 1 heterocycles. The van der Waals surface area contributed by atoms with Gasteiger partial charge < -0.3 is 9.72 Å². The lowest BCUT2D eigenvalue weighted by molar-refractivity contribution is 0.389. The van der Waals surface area contributed by atoms with Crippen LogP contribution < -0.4 is 4.74 Å². The molecule has 2 rings (SSSR count). The molecule has 0 bridgehead atoms. The van der Waals surface area contributed by atoms with Crippen LogP contribution in [-0.4, -0.2) is 12.1 Å². The molecule has 0 radical (unpaired) electrons. The van der Waals surface area contributed by atoms with Crippen LogP contribution in [0.3, 0.4) is 0 Å². The van der Waals surface area contributed by atoms with Gasteiger partial charge in [-0.05, 0) is 86.0 Å². The lowest BCUT2D eigenvalue weighted by Crippen LogP contribution is -1.95. The van der Waals surface area contributed by atoms with Gasteiger partial charge in [-0.2, -0.15) is 0 Å². The topological polar surface area (TPSA) is 25.0 Å². The van der Waals surface area contributed by atoms with Crippen molar-refractivity contribution < 1.29 is 9.13 Å². The van der Waals surface area contributed by atoms with E-state index in [1.54, 1.807) is 6.07 Å². The third kappa shape index (κ3) is 2.42. The van der Waals surface area contributed by atoms with Gasteiger partial charge in [-0.1, -0.05) is 0 Å². The standard InChI is InChI=1S/C10H7FI3NO/c1-16-7-3-2-6-5(9(7)11)4-8(15-6)10(12,13)14/h2-4,15H,1H3. The molecule has 0 amide bonds. The quantitative estimate of drug-likeness (QED) is 0.420. The van der Waals surface area contributed by atoms with Crippen molar-refractivity contribution in [3.05, 3.63) is 29.7 Å². The third-order valence-corrected chi connectivity index (χ3v) is 3.97. The maximum absolute atomic E-state index is 13.9. The highest BCUT2D eigenvalue weighted by molar-refractivity contribution is 14.3. The smallest absolute Gasteiger partial charge is 0.174 e. The van der Waals surface area contributed by atoms with Gasteiger partial charge in [0.05, 0.1) is 12.8 Å². The molecule has 0 saturated heterocycles. The first-order chi connectivity index (χ1) is 7.43. The second-order valence-corrected chi connectivity index (χ2v) is 14.3. The van der Waals surface area contributed by atoms with Crippen molar-refractivity contribution in [2.75, 3.05) is 7.11 Å². The summed E-state index contributed by atoms with van der Waals surface area (Å²) in [5, 5.41) is 0.573. The summed E-state index contributed by atoms with van der Waals surface area (Å²) in [7, 11) is 1.47. The Bertz CT molecular complexity index is 533. The second-order valence-electron chi connectivity index (χ2n) is 3.22. The molecule has 0 spiro atoms. The molecule has 0 aliphatic rings. The van der Waals surface area contributed by atoms with Crippen LogP contribution in [0.2, 0.25) is 0 Å². The SMILES string of the molecule is COc1ccc2[nH]c(C(I)(I)I)cc2c1F. The fraction of sp³-hybridized carbons (Fsp3) is 0.200. The van der Waals surface area contributed by atoms with Crippen molar-refractivity contribution in [3.8, 4) is 5.75 Å². The van der Waals surface area contributed by atoms with E-state index in [1.807, 2.05) is 12.1 Å². The molecule has 6 heteroatoms. The summed E-state index contributed by atoms with van der Waals surface area (Å²) in [6, 6.07) is 5.29. The molecule has 1 aromatic heterocycles. The first-order valence-electron chi connectivity index (χ1n) is 4.36. The molecule has 1 N–H and O–H groups in total. The van der Waals surface area contributed by atoms with Crippen LogP contribution >= 0.6 is 67.8 Å². The van der Waals surface area contributed by atoms with E-state index in [0.29, 0.717) is 5.39 Å². The maximum atomic E-state index is 13.9. The predicted octanol–water partition coefficient (Wildman–Crippen LogP) is 4.73. The van der Waals surface area contributed by atoms with Gasteiger partial charge in [-0.15, -0.1) is 0 Å². The number of halogens is 4. The summed E-state index contributed by atoms with van der Waals surface area (Å²) in [5.41, 5.74) is 1.78. The van der Waals surface area contributed by atoms with Gasteiger partial charge in [0.25, 0.3) is 0 Å². The molecule has 0 unspecified atom stereocenters. The highest BCUT2D eigenvalue weighted by atomic mass is 127. The summed E-state index contributed by atoms with van der Waals surface area (Å²) < 4.78 is 18.8. The van der Waals surface area contributed by atoms with Crippen LogP contribution in [0.4, 0.5) is 4.39 Å². The lowest BCUT2D eigenvalue weighted by Gasteiger charge is -2.08. The molecule has 1 aromatic carbocycles. The Morgan fingerprint density at radius 2 is 2.00 bits per heavy atom. The molecule has 0 aliphatic carbocycles. The minimum atomic E-state index is -0.309. The van der Waals surface area contributed by atoms with Crippen LogP contribution in [0.25, 0.3) is 10.9 Å². The molecule has 86 valence electrons. The van der Waals surface area contributed by atoms with E-state index in [-0.39, 0.29) is 11.0 Å². The number of methoxy groups -OCH3 is 1. The van der Waals surface area contributed by atoms with Crippen LogP contribution in [0, 0.1) is 5.82 Å². The summed E-state index contributed by atoms with van der Waals surface area (Å²) in [4.78, 5) is 3.21. The van der Waals surface area contributed by atoms with E-state index in [9.17, 15) is 4.39 Å². The van der Waals surface area contributed by atoms with Gasteiger partial charge in [0.1, 0.15) is 0 Å². The average molecular weight is 557 g/mol. The molecule has 0 atom stereocenters. The number of H-pyrrole nitrogens is 1. The zero-order valence-corrected chi connectivity index (χ0v) is 14.6. The van der Waals surface area contributed by atoms with Crippen molar-refractivity contribution in [1.29, 1.82) is 0 Å². The molecule has 16 heavy (non-hydrogen) atoms. The van der Waals surface area contributed by atoms with Crippen molar-refractivity contribution in [1.82, 2.24) is 4.98 Å². The summed E-state index contributed by atoms with van der Waals surface area (Å²) in [6.07, 6.45) is 0. The minimum Gasteiger partial charge on any atom is -0.494 e. The Balaban J connectivity index is 2.67. The van der Waals surface area contributed by atoms with Crippen LogP contribution in [0.5, 0.6) is 5.75 Å². The van der Waals surface area contributed by atoms with Crippen LogP contribution in [0.15, 0.2) is 18.2 Å². The second kappa shape index (κ2) is 4.75. The normalized spacial score (nSPS) is 12.1. The fourth-order valence-electron chi connectivity index (χ4n) is 1.46. The fourth-order valence-corrected chi connectivity index (χ4v) is 2.33. The Kier molecular flexibility index (Phi) is 3.89.